The van der Waals surface area contributed by atoms with Crippen molar-refractivity contribution in [1.29, 1.82) is 0 Å². The van der Waals surface area contributed by atoms with Crippen molar-refractivity contribution in [3.05, 3.63) is 23.8 Å². The molecule has 2 fully saturated rings. The van der Waals surface area contributed by atoms with E-state index in [1.807, 2.05) is 0 Å². The van der Waals surface area contributed by atoms with Crippen LogP contribution in [0.2, 0.25) is 0 Å². The molecular weight excluding hydrogens is 422 g/mol. The first kappa shape index (κ1) is 23.5. The molecule has 0 aromatic heterocycles. The Morgan fingerprint density at radius 3 is 2.32 bits per heavy atom. The molecule has 0 radical (unpaired) electrons. The van der Waals surface area contributed by atoms with E-state index in [9.17, 15) is 18.0 Å². The zero-order valence-electron chi connectivity index (χ0n) is 18.5. The van der Waals surface area contributed by atoms with Crippen LogP contribution in [0, 0.1) is 0 Å². The van der Waals surface area contributed by atoms with E-state index in [-0.39, 0.29) is 34.1 Å². The van der Waals surface area contributed by atoms with E-state index in [1.165, 1.54) is 19.2 Å². The minimum Gasteiger partial charge on any atom is -0.495 e. The molecule has 2 aliphatic heterocycles. The maximum absolute atomic E-state index is 13.0. The van der Waals surface area contributed by atoms with E-state index in [2.05, 4.69) is 4.72 Å². The van der Waals surface area contributed by atoms with Crippen LogP contribution in [0.4, 0.5) is 0 Å². The third-order valence-corrected chi connectivity index (χ3v) is 7.00. The lowest BCUT2D eigenvalue weighted by Gasteiger charge is -2.35. The third kappa shape index (κ3) is 5.55. The van der Waals surface area contributed by atoms with E-state index in [0.29, 0.717) is 32.8 Å². The van der Waals surface area contributed by atoms with Gasteiger partial charge in [-0.1, -0.05) is 0 Å². The topological polar surface area (TPSA) is 105 Å². The minimum atomic E-state index is -3.89. The molecule has 2 saturated heterocycles. The van der Waals surface area contributed by atoms with Crippen molar-refractivity contribution in [3.63, 3.8) is 0 Å². The first-order valence-corrected chi connectivity index (χ1v) is 11.9. The second kappa shape index (κ2) is 9.13. The maximum Gasteiger partial charge on any atom is 0.254 e. The number of methoxy groups -OCH3 is 1. The number of hydrogen-bond donors (Lipinski definition) is 1. The number of rotatable bonds is 5. The molecule has 31 heavy (non-hydrogen) atoms. The molecular formula is C21H31N3O6S. The molecule has 1 unspecified atom stereocenters. The molecule has 1 atom stereocenters. The van der Waals surface area contributed by atoms with Gasteiger partial charge in [0, 0.05) is 43.9 Å². The van der Waals surface area contributed by atoms with Crippen molar-refractivity contribution in [2.24, 2.45) is 0 Å². The summed E-state index contributed by atoms with van der Waals surface area (Å²) < 4.78 is 39.0. The van der Waals surface area contributed by atoms with Gasteiger partial charge in [-0.05, 0) is 51.8 Å². The number of amides is 2. The lowest BCUT2D eigenvalue weighted by Crippen LogP contribution is -2.52. The van der Waals surface area contributed by atoms with E-state index in [1.54, 1.807) is 36.6 Å². The van der Waals surface area contributed by atoms with Gasteiger partial charge in [-0.2, -0.15) is 0 Å². The number of carbonyl (C=O) groups is 2. The molecule has 1 aromatic carbocycles. The fraction of sp³-hybridized carbons (Fsp3) is 0.619. The summed E-state index contributed by atoms with van der Waals surface area (Å²) >= 11 is 0. The fourth-order valence-electron chi connectivity index (χ4n) is 3.77. The second-order valence-electron chi connectivity index (χ2n) is 8.84. The van der Waals surface area contributed by atoms with Crippen LogP contribution in [0.1, 0.15) is 44.0 Å². The monoisotopic (exact) mass is 453 g/mol. The van der Waals surface area contributed by atoms with Crippen LogP contribution in [0.25, 0.3) is 0 Å². The molecule has 1 N–H and O–H groups in total. The fourth-order valence-corrected chi connectivity index (χ4v) is 5.38. The van der Waals surface area contributed by atoms with Crippen LogP contribution < -0.4 is 9.46 Å². The van der Waals surface area contributed by atoms with E-state index in [4.69, 9.17) is 9.47 Å². The van der Waals surface area contributed by atoms with E-state index >= 15 is 0 Å². The van der Waals surface area contributed by atoms with Gasteiger partial charge >= 0.3 is 0 Å². The van der Waals surface area contributed by atoms with Gasteiger partial charge in [-0.3, -0.25) is 9.59 Å². The molecule has 10 heteroatoms. The van der Waals surface area contributed by atoms with Crippen molar-refractivity contribution in [3.8, 4) is 5.75 Å². The quantitative estimate of drug-likeness (QED) is 0.719. The smallest absolute Gasteiger partial charge is 0.254 e. The number of benzene rings is 1. The standard InChI is InChI=1S/C21H31N3O6S/c1-21(2,3)22-31(27,28)18-14-15(7-8-16(18)29-4)19(25)23-9-11-24(12-10-23)20(26)17-6-5-13-30-17/h7-8,14,17,22H,5-6,9-13H2,1-4H3. The van der Waals surface area contributed by atoms with Gasteiger partial charge in [0.15, 0.2) is 0 Å². The highest BCUT2D eigenvalue weighted by atomic mass is 32.2. The highest BCUT2D eigenvalue weighted by molar-refractivity contribution is 7.89. The second-order valence-corrected chi connectivity index (χ2v) is 10.5. The molecule has 0 spiro atoms. The lowest BCUT2D eigenvalue weighted by molar-refractivity contribution is -0.142. The summed E-state index contributed by atoms with van der Waals surface area (Å²) in [5, 5.41) is 0. The van der Waals surface area contributed by atoms with Crippen LogP contribution >= 0.6 is 0 Å². The number of sulfonamides is 1. The summed E-state index contributed by atoms with van der Waals surface area (Å²) in [4.78, 5) is 28.8. The normalized spacial score (nSPS) is 20.1. The van der Waals surface area contributed by atoms with E-state index in [0.717, 1.165) is 12.8 Å². The number of ether oxygens (including phenoxy) is 2. The highest BCUT2D eigenvalue weighted by Crippen LogP contribution is 2.27. The Balaban J connectivity index is 1.73. The van der Waals surface area contributed by atoms with Crippen molar-refractivity contribution in [1.82, 2.24) is 14.5 Å². The Kier molecular flexibility index (Phi) is 6.92. The van der Waals surface area contributed by atoms with Crippen molar-refractivity contribution in [2.45, 2.75) is 50.2 Å². The van der Waals surface area contributed by atoms with Crippen molar-refractivity contribution in [2.75, 3.05) is 39.9 Å². The molecule has 2 aliphatic rings. The summed E-state index contributed by atoms with van der Waals surface area (Å²) in [7, 11) is -2.50. The van der Waals surface area contributed by atoms with Gasteiger partial charge in [0.2, 0.25) is 10.0 Å². The number of nitrogens with one attached hydrogen (secondary N) is 1. The van der Waals surface area contributed by atoms with Crippen LogP contribution in [0.3, 0.4) is 0 Å². The first-order chi connectivity index (χ1) is 14.5. The molecule has 1 aromatic rings. The molecule has 172 valence electrons. The van der Waals surface area contributed by atoms with Gasteiger partial charge in [-0.15, -0.1) is 0 Å². The largest absolute Gasteiger partial charge is 0.495 e. The zero-order chi connectivity index (χ0) is 22.8. The third-order valence-electron chi connectivity index (χ3n) is 5.22. The summed E-state index contributed by atoms with van der Waals surface area (Å²) in [5.41, 5.74) is -0.426. The highest BCUT2D eigenvalue weighted by Gasteiger charge is 2.32. The number of nitrogens with zero attached hydrogens (tertiary/aromatic N) is 2. The van der Waals surface area contributed by atoms with Crippen molar-refractivity contribution >= 4 is 21.8 Å². The summed E-state index contributed by atoms with van der Waals surface area (Å²) in [6.45, 7) is 7.45. The summed E-state index contributed by atoms with van der Waals surface area (Å²) in [6.07, 6.45) is 1.26. The lowest BCUT2D eigenvalue weighted by atomic mass is 10.1. The molecule has 9 nitrogen and oxygen atoms in total. The summed E-state index contributed by atoms with van der Waals surface area (Å²) in [5.74, 6) is -0.130. The van der Waals surface area contributed by atoms with Crippen LogP contribution in [-0.4, -0.2) is 81.6 Å². The van der Waals surface area contributed by atoms with Gasteiger partial charge < -0.3 is 19.3 Å². The number of hydrogen-bond acceptors (Lipinski definition) is 6. The Bertz CT molecular complexity index is 927. The molecule has 0 bridgehead atoms. The molecule has 3 rings (SSSR count). The number of piperazine rings is 1. The Labute approximate surface area is 183 Å². The predicted octanol–water partition coefficient (Wildman–Crippen LogP) is 1.24. The molecule has 0 saturated carbocycles. The predicted molar refractivity (Wildman–Crippen MR) is 115 cm³/mol. The Morgan fingerprint density at radius 2 is 1.77 bits per heavy atom. The van der Waals surface area contributed by atoms with Crippen LogP contribution in [0.5, 0.6) is 5.75 Å². The van der Waals surface area contributed by atoms with Crippen LogP contribution in [-0.2, 0) is 19.6 Å². The SMILES string of the molecule is COc1ccc(C(=O)N2CCN(C(=O)C3CCCO3)CC2)cc1S(=O)(=O)NC(C)(C)C. The molecule has 0 aliphatic carbocycles. The average molecular weight is 454 g/mol. The van der Waals surface area contributed by atoms with Gasteiger partial charge in [0.1, 0.15) is 16.7 Å². The van der Waals surface area contributed by atoms with E-state index < -0.39 is 15.6 Å². The Hall–Kier alpha value is -2.17. The Morgan fingerprint density at radius 1 is 1.13 bits per heavy atom. The summed E-state index contributed by atoms with van der Waals surface area (Å²) in [6, 6.07) is 4.39. The molecule has 2 heterocycles. The number of carbonyl (C=O) groups excluding carboxylic acids is 2. The minimum absolute atomic E-state index is 0.0179. The van der Waals surface area contributed by atoms with Gasteiger partial charge in [0.25, 0.3) is 11.8 Å². The average Bonchev–Trinajstić information content (AvgIpc) is 3.25. The maximum atomic E-state index is 13.0. The first-order valence-electron chi connectivity index (χ1n) is 10.4. The van der Waals surface area contributed by atoms with Gasteiger partial charge in [-0.25, -0.2) is 13.1 Å². The van der Waals surface area contributed by atoms with Crippen molar-refractivity contribution < 1.29 is 27.5 Å². The molecule has 2 amide bonds. The van der Waals surface area contributed by atoms with Crippen LogP contribution in [0.15, 0.2) is 23.1 Å². The zero-order valence-corrected chi connectivity index (χ0v) is 19.3. The van der Waals surface area contributed by atoms with Gasteiger partial charge in [0.05, 0.1) is 7.11 Å².